The summed E-state index contributed by atoms with van der Waals surface area (Å²) in [5.74, 6) is -0.691. The highest BCUT2D eigenvalue weighted by atomic mass is 16.4. The predicted molar refractivity (Wildman–Crippen MR) is 105 cm³/mol. The zero-order valence-electron chi connectivity index (χ0n) is 14.9. The molecular weight excluding hydrogens is 344 g/mol. The van der Waals surface area contributed by atoms with Gasteiger partial charge in [-0.3, -0.25) is 4.79 Å². The Bertz CT molecular complexity index is 1160. The van der Waals surface area contributed by atoms with Crippen LogP contribution in [0.4, 0.5) is 0 Å². The Morgan fingerprint density at radius 2 is 1.67 bits per heavy atom. The quantitative estimate of drug-likeness (QED) is 0.490. The van der Waals surface area contributed by atoms with Crippen LogP contribution >= 0.6 is 0 Å². The van der Waals surface area contributed by atoms with E-state index in [0.717, 1.165) is 0 Å². The van der Waals surface area contributed by atoms with Crippen LogP contribution in [-0.2, 0) is 0 Å². The third kappa shape index (κ3) is 3.27. The lowest BCUT2D eigenvalue weighted by atomic mass is 9.91. The molecule has 0 radical (unpaired) electrons. The molecular formula is C22H18O5. The van der Waals surface area contributed by atoms with Crippen LogP contribution < -0.4 is 5.43 Å². The van der Waals surface area contributed by atoms with Gasteiger partial charge in [-0.25, -0.2) is 4.79 Å². The molecule has 1 aliphatic carbocycles. The van der Waals surface area contributed by atoms with E-state index in [1.54, 1.807) is 30.3 Å². The van der Waals surface area contributed by atoms with Gasteiger partial charge in [0.1, 0.15) is 17.1 Å². The lowest BCUT2D eigenvalue weighted by molar-refractivity contribution is 0.0697. The van der Waals surface area contributed by atoms with E-state index in [9.17, 15) is 19.8 Å². The first-order valence-electron chi connectivity index (χ1n) is 8.57. The summed E-state index contributed by atoms with van der Waals surface area (Å²) in [6.07, 6.45) is 0. The van der Waals surface area contributed by atoms with E-state index in [1.807, 2.05) is 13.8 Å². The molecule has 27 heavy (non-hydrogen) atoms. The van der Waals surface area contributed by atoms with Gasteiger partial charge in [0.15, 0.2) is 5.43 Å². The molecule has 0 amide bonds. The van der Waals surface area contributed by atoms with E-state index in [0.29, 0.717) is 33.4 Å². The summed E-state index contributed by atoms with van der Waals surface area (Å²) in [5, 5.41) is 19.9. The number of hydrogen-bond donors (Lipinski definition) is 2. The minimum Gasteiger partial charge on any atom is -0.508 e. The van der Waals surface area contributed by atoms with Crippen LogP contribution in [0.15, 0.2) is 69.9 Å². The molecule has 0 aromatic heterocycles. The number of benzene rings is 3. The minimum atomic E-state index is -1.04. The van der Waals surface area contributed by atoms with Gasteiger partial charge in [-0.05, 0) is 35.9 Å². The maximum absolute atomic E-state index is 11.7. The molecule has 2 aliphatic rings. The summed E-state index contributed by atoms with van der Waals surface area (Å²) in [4.78, 5) is 23.4. The highest BCUT2D eigenvalue weighted by Crippen LogP contribution is 2.41. The molecule has 0 saturated heterocycles. The van der Waals surface area contributed by atoms with Crippen molar-refractivity contribution in [2.24, 2.45) is 0 Å². The zero-order chi connectivity index (χ0) is 19.6. The number of aromatic hydroxyl groups is 1. The predicted octanol–water partition coefficient (Wildman–Crippen LogP) is 4.99. The van der Waals surface area contributed by atoms with E-state index in [4.69, 9.17) is 4.42 Å². The first kappa shape index (κ1) is 18.2. The van der Waals surface area contributed by atoms with Gasteiger partial charge in [0.05, 0.1) is 5.56 Å². The van der Waals surface area contributed by atoms with Gasteiger partial charge in [-0.2, -0.15) is 0 Å². The van der Waals surface area contributed by atoms with E-state index in [-0.39, 0.29) is 16.7 Å². The van der Waals surface area contributed by atoms with Crippen molar-refractivity contribution in [3.8, 4) is 28.2 Å². The molecule has 2 aromatic carbocycles. The van der Waals surface area contributed by atoms with Gasteiger partial charge in [-0.1, -0.05) is 32.0 Å². The highest BCUT2D eigenvalue weighted by molar-refractivity contribution is 6.07. The number of aromatic carboxylic acids is 1. The van der Waals surface area contributed by atoms with Crippen molar-refractivity contribution in [3.05, 3.63) is 76.5 Å². The lowest BCUT2D eigenvalue weighted by Crippen LogP contribution is -2.03. The van der Waals surface area contributed by atoms with Gasteiger partial charge in [-0.15, -0.1) is 0 Å². The van der Waals surface area contributed by atoms with Crippen LogP contribution in [0.3, 0.4) is 0 Å². The van der Waals surface area contributed by atoms with Gasteiger partial charge < -0.3 is 14.6 Å². The lowest BCUT2D eigenvalue weighted by Gasteiger charge is -2.16. The fourth-order valence-corrected chi connectivity index (χ4v) is 3.04. The maximum atomic E-state index is 11.7. The Balaban J connectivity index is 0.00000102. The fraction of sp³-hybridized carbons (Fsp3) is 0.0909. The van der Waals surface area contributed by atoms with Crippen molar-refractivity contribution >= 4 is 16.9 Å². The number of phenols is 1. The second-order valence-electron chi connectivity index (χ2n) is 5.67. The smallest absolute Gasteiger partial charge is 0.336 e. The molecule has 1 heterocycles. The van der Waals surface area contributed by atoms with Gasteiger partial charge in [0, 0.05) is 28.6 Å². The molecule has 1 aliphatic heterocycles. The first-order valence-corrected chi connectivity index (χ1v) is 8.57. The molecule has 2 aromatic rings. The summed E-state index contributed by atoms with van der Waals surface area (Å²) in [5.41, 5.74) is 2.10. The zero-order valence-corrected chi connectivity index (χ0v) is 14.9. The van der Waals surface area contributed by atoms with E-state index in [2.05, 4.69) is 0 Å². The van der Waals surface area contributed by atoms with Crippen LogP contribution in [0.5, 0.6) is 5.75 Å². The van der Waals surface area contributed by atoms with Crippen molar-refractivity contribution in [1.29, 1.82) is 0 Å². The molecule has 2 N–H and O–H groups in total. The molecule has 5 heteroatoms. The second-order valence-corrected chi connectivity index (χ2v) is 5.67. The molecule has 136 valence electrons. The number of carboxylic acids is 1. The molecule has 0 unspecified atom stereocenters. The van der Waals surface area contributed by atoms with Crippen LogP contribution in [0.2, 0.25) is 0 Å². The molecule has 0 spiro atoms. The van der Waals surface area contributed by atoms with Crippen LogP contribution in [0.1, 0.15) is 24.2 Å². The Morgan fingerprint density at radius 1 is 0.926 bits per heavy atom. The van der Waals surface area contributed by atoms with Crippen molar-refractivity contribution in [2.45, 2.75) is 13.8 Å². The van der Waals surface area contributed by atoms with E-state index >= 15 is 0 Å². The third-order valence-electron chi connectivity index (χ3n) is 4.10. The second kappa shape index (κ2) is 7.33. The van der Waals surface area contributed by atoms with Crippen molar-refractivity contribution in [1.82, 2.24) is 0 Å². The summed E-state index contributed by atoms with van der Waals surface area (Å²) >= 11 is 0. The summed E-state index contributed by atoms with van der Waals surface area (Å²) in [6, 6.07) is 15.7. The minimum absolute atomic E-state index is 0.0198. The number of fused-ring (bicyclic) bond motifs is 2. The average molecular weight is 362 g/mol. The topological polar surface area (TPSA) is 87.7 Å². The molecule has 5 nitrogen and oxygen atoms in total. The number of carbonyl (C=O) groups is 1. The van der Waals surface area contributed by atoms with Crippen molar-refractivity contribution < 1.29 is 19.4 Å². The Hall–Kier alpha value is -3.60. The number of rotatable bonds is 2. The Morgan fingerprint density at radius 3 is 2.41 bits per heavy atom. The van der Waals surface area contributed by atoms with Gasteiger partial charge in [0.25, 0.3) is 0 Å². The normalized spacial score (nSPS) is 10.4. The summed E-state index contributed by atoms with van der Waals surface area (Å²) in [7, 11) is 0. The van der Waals surface area contributed by atoms with Crippen LogP contribution in [0, 0.1) is 0 Å². The summed E-state index contributed by atoms with van der Waals surface area (Å²) in [6.45, 7) is 4.00. The standard InChI is InChI=1S/C20H12O5.C2H6/c21-11-5-7-15-17(9-11)25-18-10-12(22)6-8-16(18)19(15)13-3-1-2-4-14(13)20(23)24;1-2/h1-10,21H,(H,23,24);1-2H3. The number of carboxylic acid groups (broad SMARTS) is 1. The van der Waals surface area contributed by atoms with Crippen LogP contribution in [-0.4, -0.2) is 16.2 Å². The monoisotopic (exact) mass is 362 g/mol. The molecule has 4 rings (SSSR count). The Labute approximate surface area is 155 Å². The van der Waals surface area contributed by atoms with Gasteiger partial charge >= 0.3 is 5.97 Å². The summed E-state index contributed by atoms with van der Waals surface area (Å²) < 4.78 is 5.76. The first-order chi connectivity index (χ1) is 13.0. The largest absolute Gasteiger partial charge is 0.508 e. The van der Waals surface area contributed by atoms with Gasteiger partial charge in [0.2, 0.25) is 0 Å². The maximum Gasteiger partial charge on any atom is 0.336 e. The van der Waals surface area contributed by atoms with E-state index in [1.165, 1.54) is 30.3 Å². The molecule has 0 saturated carbocycles. The third-order valence-corrected chi connectivity index (χ3v) is 4.10. The van der Waals surface area contributed by atoms with Crippen molar-refractivity contribution in [2.75, 3.05) is 0 Å². The van der Waals surface area contributed by atoms with Crippen LogP contribution in [0.25, 0.3) is 33.4 Å². The fourth-order valence-electron chi connectivity index (χ4n) is 3.04. The molecule has 0 fully saturated rings. The Kier molecular flexibility index (Phi) is 4.94. The van der Waals surface area contributed by atoms with Crippen molar-refractivity contribution in [3.63, 3.8) is 0 Å². The molecule has 0 atom stereocenters. The number of phenolic OH excluding ortho intramolecular Hbond substituents is 1. The average Bonchev–Trinajstić information content (AvgIpc) is 2.67. The SMILES string of the molecule is CC.O=C(O)c1ccccc1-c1c2ccc(=O)cc-2oc2cc(O)ccc12. The highest BCUT2D eigenvalue weighted by Gasteiger charge is 2.21. The number of hydrogen-bond acceptors (Lipinski definition) is 4. The van der Waals surface area contributed by atoms with E-state index < -0.39 is 5.97 Å². The molecule has 0 bridgehead atoms.